The Balaban J connectivity index is 2.29. The van der Waals surface area contributed by atoms with Gasteiger partial charge in [-0.15, -0.1) is 0 Å². The van der Waals surface area contributed by atoms with E-state index in [0.29, 0.717) is 26.2 Å². The lowest BCUT2D eigenvalue weighted by molar-refractivity contribution is 0.199. The molecule has 7 heteroatoms. The highest BCUT2D eigenvalue weighted by molar-refractivity contribution is 9.09. The lowest BCUT2D eigenvalue weighted by atomic mass is 10.2. The molecule has 0 aromatic rings. The monoisotopic (exact) mass is 328 g/mol. The average molecular weight is 329 g/mol. The van der Waals surface area contributed by atoms with Gasteiger partial charge in [0.05, 0.1) is 6.61 Å². The lowest BCUT2D eigenvalue weighted by Gasteiger charge is -2.26. The van der Waals surface area contributed by atoms with E-state index in [2.05, 4.69) is 20.7 Å². The summed E-state index contributed by atoms with van der Waals surface area (Å²) in [5.41, 5.74) is 0. The summed E-state index contributed by atoms with van der Waals surface area (Å²) in [5, 5.41) is 0. The van der Waals surface area contributed by atoms with Gasteiger partial charge in [0.15, 0.2) is 0 Å². The Morgan fingerprint density at radius 3 is 2.59 bits per heavy atom. The Morgan fingerprint density at radius 2 is 2.00 bits per heavy atom. The van der Waals surface area contributed by atoms with Gasteiger partial charge in [-0.1, -0.05) is 22.4 Å². The van der Waals surface area contributed by atoms with Gasteiger partial charge < -0.3 is 4.74 Å². The van der Waals surface area contributed by atoms with Crippen LogP contribution in [0.15, 0.2) is 0 Å². The molecule has 0 bridgehead atoms. The molecule has 1 aliphatic rings. The number of piperidine rings is 1. The Labute approximate surface area is 112 Å². The van der Waals surface area contributed by atoms with E-state index in [1.54, 1.807) is 7.11 Å². The molecule has 0 aromatic heterocycles. The zero-order chi connectivity index (χ0) is 12.7. The highest BCUT2D eigenvalue weighted by Gasteiger charge is 2.23. The van der Waals surface area contributed by atoms with E-state index in [9.17, 15) is 8.42 Å². The third-order valence-electron chi connectivity index (χ3n) is 2.74. The number of methoxy groups -OCH3 is 1. The summed E-state index contributed by atoms with van der Waals surface area (Å²) in [4.78, 5) is 0.191. The lowest BCUT2D eigenvalue weighted by Crippen LogP contribution is -2.44. The van der Waals surface area contributed by atoms with Crippen molar-refractivity contribution in [2.45, 2.75) is 30.5 Å². The highest BCUT2D eigenvalue weighted by Crippen LogP contribution is 2.12. The van der Waals surface area contributed by atoms with Gasteiger partial charge in [0, 0.05) is 31.6 Å². The fraction of sp³-hybridized carbons (Fsp3) is 1.00. The smallest absolute Gasteiger partial charge is 0.279 e. The maximum absolute atomic E-state index is 11.9. The van der Waals surface area contributed by atoms with Crippen LogP contribution in [-0.2, 0) is 14.9 Å². The van der Waals surface area contributed by atoms with E-state index in [1.165, 1.54) is 4.31 Å². The number of alkyl halides is 1. The minimum absolute atomic E-state index is 0.191. The van der Waals surface area contributed by atoms with Crippen LogP contribution in [0, 0.1) is 0 Å². The summed E-state index contributed by atoms with van der Waals surface area (Å²) in [6.45, 7) is 2.32. The van der Waals surface area contributed by atoms with Crippen molar-refractivity contribution in [3.8, 4) is 0 Å². The second-order valence-corrected chi connectivity index (χ2v) is 7.25. The molecule has 0 saturated carbocycles. The van der Waals surface area contributed by atoms with Gasteiger partial charge in [-0.2, -0.15) is 12.7 Å². The first-order valence-corrected chi connectivity index (χ1v) is 8.29. The van der Waals surface area contributed by atoms with Crippen LogP contribution in [0.1, 0.15) is 25.7 Å². The molecule has 102 valence electrons. The zero-order valence-corrected chi connectivity index (χ0v) is 12.6. The van der Waals surface area contributed by atoms with Gasteiger partial charge >= 0.3 is 0 Å². The van der Waals surface area contributed by atoms with Crippen LogP contribution in [0.4, 0.5) is 0 Å². The van der Waals surface area contributed by atoms with Crippen molar-refractivity contribution >= 4 is 26.1 Å². The van der Waals surface area contributed by atoms with Crippen molar-refractivity contribution in [3.05, 3.63) is 0 Å². The van der Waals surface area contributed by atoms with Crippen LogP contribution in [-0.4, -0.2) is 50.9 Å². The fourth-order valence-electron chi connectivity index (χ4n) is 1.81. The van der Waals surface area contributed by atoms with Gasteiger partial charge in [0.2, 0.25) is 0 Å². The van der Waals surface area contributed by atoms with Gasteiger partial charge in [-0.3, -0.25) is 0 Å². The molecule has 0 spiro atoms. The highest BCUT2D eigenvalue weighted by atomic mass is 79.9. The normalized spacial score (nSPS) is 20.4. The van der Waals surface area contributed by atoms with Crippen molar-refractivity contribution < 1.29 is 13.2 Å². The molecule has 1 atom stereocenters. The number of hydrogen-bond donors (Lipinski definition) is 1. The van der Waals surface area contributed by atoms with Gasteiger partial charge in [-0.25, -0.2) is 4.72 Å². The SMILES string of the molecule is COCC(Br)CCNS(=O)(=O)N1CCCCC1. The molecular formula is C10H21BrN2O3S. The summed E-state index contributed by atoms with van der Waals surface area (Å²) in [6, 6.07) is 0. The van der Waals surface area contributed by atoms with Crippen molar-refractivity contribution in [2.75, 3.05) is 33.4 Å². The van der Waals surface area contributed by atoms with Crippen molar-refractivity contribution in [3.63, 3.8) is 0 Å². The molecular weight excluding hydrogens is 308 g/mol. The van der Waals surface area contributed by atoms with Gasteiger partial charge in [-0.05, 0) is 19.3 Å². The third kappa shape index (κ3) is 5.65. The number of halogens is 1. The topological polar surface area (TPSA) is 58.6 Å². The largest absolute Gasteiger partial charge is 0.384 e. The second-order valence-electron chi connectivity index (χ2n) is 4.20. The predicted molar refractivity (Wildman–Crippen MR) is 71.6 cm³/mol. The minimum atomic E-state index is -3.27. The van der Waals surface area contributed by atoms with E-state index in [0.717, 1.165) is 25.7 Å². The number of nitrogens with zero attached hydrogens (tertiary/aromatic N) is 1. The number of ether oxygens (including phenoxy) is 1. The predicted octanol–water partition coefficient (Wildman–Crippen LogP) is 1.11. The van der Waals surface area contributed by atoms with E-state index in [-0.39, 0.29) is 4.83 Å². The quantitative estimate of drug-likeness (QED) is 0.712. The molecule has 0 amide bonds. The Kier molecular flexibility index (Phi) is 6.94. The zero-order valence-electron chi connectivity index (χ0n) is 10.2. The Bertz CT molecular complexity index is 305. The molecule has 17 heavy (non-hydrogen) atoms. The summed E-state index contributed by atoms with van der Waals surface area (Å²) in [6.07, 6.45) is 3.78. The van der Waals surface area contributed by atoms with Crippen LogP contribution in [0.5, 0.6) is 0 Å². The second kappa shape index (κ2) is 7.68. The summed E-state index contributed by atoms with van der Waals surface area (Å²) < 4.78 is 32.9. The summed E-state index contributed by atoms with van der Waals surface area (Å²) in [5.74, 6) is 0. The van der Waals surface area contributed by atoms with Crippen LogP contribution < -0.4 is 4.72 Å². The Morgan fingerprint density at radius 1 is 1.35 bits per heavy atom. The van der Waals surface area contributed by atoms with Crippen molar-refractivity contribution in [2.24, 2.45) is 0 Å². The van der Waals surface area contributed by atoms with Gasteiger partial charge in [0.1, 0.15) is 0 Å². The van der Waals surface area contributed by atoms with Crippen molar-refractivity contribution in [1.82, 2.24) is 9.03 Å². The van der Waals surface area contributed by atoms with Crippen LogP contribution >= 0.6 is 15.9 Å². The van der Waals surface area contributed by atoms with E-state index >= 15 is 0 Å². The van der Waals surface area contributed by atoms with Crippen LogP contribution in [0.3, 0.4) is 0 Å². The molecule has 1 N–H and O–H groups in total. The van der Waals surface area contributed by atoms with Crippen LogP contribution in [0.25, 0.3) is 0 Å². The van der Waals surface area contributed by atoms with E-state index in [4.69, 9.17) is 4.74 Å². The van der Waals surface area contributed by atoms with E-state index < -0.39 is 10.2 Å². The number of nitrogens with one attached hydrogen (secondary N) is 1. The van der Waals surface area contributed by atoms with Crippen molar-refractivity contribution in [1.29, 1.82) is 0 Å². The summed E-state index contributed by atoms with van der Waals surface area (Å²) >= 11 is 3.43. The first-order chi connectivity index (χ1) is 8.06. The molecule has 0 radical (unpaired) electrons. The summed E-state index contributed by atoms with van der Waals surface area (Å²) in [7, 11) is -1.64. The molecule has 1 unspecified atom stereocenters. The molecule has 1 rings (SSSR count). The molecule has 0 aromatic carbocycles. The molecule has 5 nitrogen and oxygen atoms in total. The van der Waals surface area contributed by atoms with Crippen LogP contribution in [0.2, 0.25) is 0 Å². The van der Waals surface area contributed by atoms with E-state index in [1.807, 2.05) is 0 Å². The molecule has 1 fully saturated rings. The number of rotatable bonds is 7. The first-order valence-electron chi connectivity index (χ1n) is 5.94. The average Bonchev–Trinajstić information content (AvgIpc) is 2.30. The third-order valence-corrected chi connectivity index (χ3v) is 5.08. The number of hydrogen-bond acceptors (Lipinski definition) is 3. The fourth-order valence-corrected chi connectivity index (χ4v) is 3.60. The maximum Gasteiger partial charge on any atom is 0.279 e. The Hall–Kier alpha value is 0.310. The minimum Gasteiger partial charge on any atom is -0.384 e. The standard InChI is InChI=1S/C10H21BrN2O3S/c1-16-9-10(11)5-6-12-17(14,15)13-7-3-2-4-8-13/h10,12H,2-9H2,1H3. The molecule has 1 saturated heterocycles. The molecule has 1 aliphatic heterocycles. The maximum atomic E-state index is 11.9. The van der Waals surface area contributed by atoms with Gasteiger partial charge in [0.25, 0.3) is 10.2 Å². The molecule has 1 heterocycles. The first kappa shape index (κ1) is 15.4. The molecule has 0 aliphatic carbocycles.